The number of piperidine rings is 1. The second kappa shape index (κ2) is 5.19. The summed E-state index contributed by atoms with van der Waals surface area (Å²) in [6.45, 7) is 1.79. The number of hydrogen-bond donors (Lipinski definition) is 1. The molecule has 2 rings (SSSR count). The van der Waals surface area contributed by atoms with Gasteiger partial charge in [-0.05, 0) is 31.9 Å². The highest BCUT2D eigenvalue weighted by molar-refractivity contribution is 5.95. The van der Waals surface area contributed by atoms with Crippen molar-refractivity contribution in [2.24, 2.45) is 5.41 Å². The summed E-state index contributed by atoms with van der Waals surface area (Å²) in [5, 5.41) is 9.19. The number of halogens is 2. The maximum Gasteiger partial charge on any atom is 0.311 e. The Labute approximate surface area is 115 Å². The molecule has 20 heavy (non-hydrogen) atoms. The van der Waals surface area contributed by atoms with E-state index in [-0.39, 0.29) is 6.54 Å². The highest BCUT2D eigenvalue weighted by atomic mass is 19.1. The van der Waals surface area contributed by atoms with Gasteiger partial charge in [0, 0.05) is 13.1 Å². The largest absolute Gasteiger partial charge is 0.481 e. The summed E-state index contributed by atoms with van der Waals surface area (Å²) in [6.07, 6.45) is 0.927. The summed E-state index contributed by atoms with van der Waals surface area (Å²) < 4.78 is 27.2. The molecule has 1 heterocycles. The van der Waals surface area contributed by atoms with Crippen LogP contribution < -0.4 is 0 Å². The summed E-state index contributed by atoms with van der Waals surface area (Å²) in [5.41, 5.74) is -1.70. The Morgan fingerprint density at radius 3 is 2.45 bits per heavy atom. The third-order valence-corrected chi connectivity index (χ3v) is 3.68. The fraction of sp³-hybridized carbons (Fsp3) is 0.429. The van der Waals surface area contributed by atoms with Crippen molar-refractivity contribution in [3.8, 4) is 0 Å². The quantitative estimate of drug-likeness (QED) is 0.906. The fourth-order valence-corrected chi connectivity index (χ4v) is 2.45. The first-order chi connectivity index (χ1) is 9.35. The highest BCUT2D eigenvalue weighted by Gasteiger charge is 2.40. The maximum absolute atomic E-state index is 13.6. The molecule has 1 atom stereocenters. The number of benzene rings is 1. The number of amides is 1. The highest BCUT2D eigenvalue weighted by Crippen LogP contribution is 2.31. The molecule has 0 aromatic heterocycles. The molecular weight excluding hydrogens is 268 g/mol. The topological polar surface area (TPSA) is 57.6 Å². The smallest absolute Gasteiger partial charge is 0.311 e. The molecule has 4 nitrogen and oxygen atoms in total. The van der Waals surface area contributed by atoms with Gasteiger partial charge < -0.3 is 10.0 Å². The Kier molecular flexibility index (Phi) is 3.74. The molecule has 1 aliphatic heterocycles. The van der Waals surface area contributed by atoms with Crippen molar-refractivity contribution in [2.75, 3.05) is 13.1 Å². The second-order valence-corrected chi connectivity index (χ2v) is 5.29. The van der Waals surface area contributed by atoms with Crippen molar-refractivity contribution >= 4 is 11.9 Å². The number of carboxylic acids is 1. The molecule has 0 saturated carbocycles. The molecule has 1 amide bonds. The van der Waals surface area contributed by atoms with E-state index < -0.39 is 34.5 Å². The van der Waals surface area contributed by atoms with Crippen molar-refractivity contribution in [2.45, 2.75) is 19.8 Å². The van der Waals surface area contributed by atoms with Gasteiger partial charge in [-0.2, -0.15) is 0 Å². The van der Waals surface area contributed by atoms with Crippen molar-refractivity contribution in [1.82, 2.24) is 4.90 Å². The van der Waals surface area contributed by atoms with E-state index in [1.54, 1.807) is 0 Å². The van der Waals surface area contributed by atoms with Gasteiger partial charge >= 0.3 is 5.97 Å². The van der Waals surface area contributed by atoms with Crippen LogP contribution in [0.2, 0.25) is 0 Å². The molecule has 1 unspecified atom stereocenters. The Hall–Kier alpha value is -1.98. The normalized spacial score (nSPS) is 22.6. The van der Waals surface area contributed by atoms with Gasteiger partial charge in [0.25, 0.3) is 5.91 Å². The zero-order valence-corrected chi connectivity index (χ0v) is 11.0. The van der Waals surface area contributed by atoms with Gasteiger partial charge in [0.1, 0.15) is 17.2 Å². The van der Waals surface area contributed by atoms with Crippen LogP contribution in [-0.2, 0) is 4.79 Å². The molecule has 1 N–H and O–H groups in total. The molecule has 1 saturated heterocycles. The van der Waals surface area contributed by atoms with Gasteiger partial charge in [0.2, 0.25) is 0 Å². The molecule has 0 aliphatic carbocycles. The van der Waals surface area contributed by atoms with Gasteiger partial charge in [0.05, 0.1) is 5.41 Å². The van der Waals surface area contributed by atoms with E-state index in [9.17, 15) is 23.5 Å². The fourth-order valence-electron chi connectivity index (χ4n) is 2.45. The molecule has 1 fully saturated rings. The number of carbonyl (C=O) groups is 2. The number of rotatable bonds is 2. The Morgan fingerprint density at radius 1 is 1.30 bits per heavy atom. The predicted molar refractivity (Wildman–Crippen MR) is 67.2 cm³/mol. The monoisotopic (exact) mass is 283 g/mol. The number of likely N-dealkylation sites (tertiary alicyclic amines) is 1. The lowest BCUT2D eigenvalue weighted by Gasteiger charge is -2.37. The minimum Gasteiger partial charge on any atom is -0.481 e. The summed E-state index contributed by atoms with van der Waals surface area (Å²) in [7, 11) is 0. The first-order valence-corrected chi connectivity index (χ1v) is 6.32. The third-order valence-electron chi connectivity index (χ3n) is 3.68. The van der Waals surface area contributed by atoms with Crippen LogP contribution in [0.25, 0.3) is 0 Å². The van der Waals surface area contributed by atoms with E-state index in [0.29, 0.717) is 19.4 Å². The van der Waals surface area contributed by atoms with Gasteiger partial charge in [-0.15, -0.1) is 0 Å². The zero-order chi connectivity index (χ0) is 14.9. The van der Waals surface area contributed by atoms with Crippen LogP contribution in [0.1, 0.15) is 30.1 Å². The zero-order valence-electron chi connectivity index (χ0n) is 11.0. The van der Waals surface area contributed by atoms with E-state index in [4.69, 9.17) is 0 Å². The molecule has 0 radical (unpaired) electrons. The van der Waals surface area contributed by atoms with Crippen molar-refractivity contribution in [3.05, 3.63) is 35.4 Å². The van der Waals surface area contributed by atoms with Gasteiger partial charge in [-0.25, -0.2) is 8.78 Å². The van der Waals surface area contributed by atoms with E-state index in [1.165, 1.54) is 17.9 Å². The van der Waals surface area contributed by atoms with Crippen LogP contribution in [0.4, 0.5) is 8.78 Å². The Morgan fingerprint density at radius 2 is 1.90 bits per heavy atom. The van der Waals surface area contributed by atoms with Gasteiger partial charge in [0.15, 0.2) is 0 Å². The molecule has 0 spiro atoms. The van der Waals surface area contributed by atoms with Crippen molar-refractivity contribution in [1.29, 1.82) is 0 Å². The summed E-state index contributed by atoms with van der Waals surface area (Å²) in [6, 6.07) is 3.20. The van der Waals surface area contributed by atoms with Crippen LogP contribution in [0.15, 0.2) is 18.2 Å². The van der Waals surface area contributed by atoms with Crippen LogP contribution in [0.3, 0.4) is 0 Å². The lowest BCUT2D eigenvalue weighted by molar-refractivity contribution is -0.150. The Bertz CT molecular complexity index is 541. The molecule has 0 bridgehead atoms. The average Bonchev–Trinajstić information content (AvgIpc) is 2.38. The molecule has 1 aromatic carbocycles. The predicted octanol–water partition coefficient (Wildman–Crippen LogP) is 2.29. The second-order valence-electron chi connectivity index (χ2n) is 5.29. The maximum atomic E-state index is 13.6. The van der Waals surface area contributed by atoms with Crippen LogP contribution in [0.5, 0.6) is 0 Å². The standard InChI is InChI=1S/C14H15F2NO3/c1-14(13(19)20)6-3-7-17(8-14)12(18)11-9(15)4-2-5-10(11)16/h2,4-5H,3,6-8H2,1H3,(H,19,20). The molecular formula is C14H15F2NO3. The number of aliphatic carboxylic acids is 1. The number of hydrogen-bond acceptors (Lipinski definition) is 2. The molecule has 108 valence electrons. The first kappa shape index (κ1) is 14.4. The minimum atomic E-state index is -1.07. The van der Waals surface area contributed by atoms with Gasteiger partial charge in [-0.1, -0.05) is 6.07 Å². The van der Waals surface area contributed by atoms with Gasteiger partial charge in [-0.3, -0.25) is 9.59 Å². The van der Waals surface area contributed by atoms with Crippen molar-refractivity contribution < 1.29 is 23.5 Å². The summed E-state index contributed by atoms with van der Waals surface area (Å²) in [4.78, 5) is 24.6. The summed E-state index contributed by atoms with van der Waals surface area (Å²) in [5.74, 6) is -3.67. The molecule has 1 aliphatic rings. The third kappa shape index (κ3) is 2.50. The molecule has 6 heteroatoms. The van der Waals surface area contributed by atoms with Crippen molar-refractivity contribution in [3.63, 3.8) is 0 Å². The number of carbonyl (C=O) groups excluding carboxylic acids is 1. The number of carboxylic acid groups (broad SMARTS) is 1. The SMILES string of the molecule is CC1(C(=O)O)CCCN(C(=O)c2c(F)cccc2F)C1. The molecule has 1 aromatic rings. The van der Waals surface area contributed by atoms with Crippen LogP contribution in [-0.4, -0.2) is 35.0 Å². The average molecular weight is 283 g/mol. The lowest BCUT2D eigenvalue weighted by Crippen LogP contribution is -2.48. The first-order valence-electron chi connectivity index (χ1n) is 6.32. The Balaban J connectivity index is 2.28. The van der Waals surface area contributed by atoms with E-state index in [0.717, 1.165) is 12.1 Å². The van der Waals surface area contributed by atoms with E-state index in [1.807, 2.05) is 0 Å². The minimum absolute atomic E-state index is 0.0467. The summed E-state index contributed by atoms with van der Waals surface area (Å²) >= 11 is 0. The number of nitrogens with zero attached hydrogens (tertiary/aromatic N) is 1. The van der Waals surface area contributed by atoms with Crippen LogP contribution in [0, 0.1) is 17.0 Å². The van der Waals surface area contributed by atoms with E-state index in [2.05, 4.69) is 0 Å². The lowest BCUT2D eigenvalue weighted by atomic mass is 9.82. The van der Waals surface area contributed by atoms with E-state index >= 15 is 0 Å². The van der Waals surface area contributed by atoms with Crippen LogP contribution >= 0.6 is 0 Å².